The van der Waals surface area contributed by atoms with Crippen molar-refractivity contribution in [2.24, 2.45) is 5.92 Å². The Labute approximate surface area is 102 Å². The quantitative estimate of drug-likeness (QED) is 0.719. The predicted molar refractivity (Wildman–Crippen MR) is 64.3 cm³/mol. The molecule has 5 heteroatoms. The normalized spacial score (nSPS) is 24.4. The van der Waals surface area contributed by atoms with Crippen LogP contribution in [0.4, 0.5) is 0 Å². The van der Waals surface area contributed by atoms with Crippen molar-refractivity contribution in [2.45, 2.75) is 32.1 Å². The molecule has 4 nitrogen and oxygen atoms in total. The summed E-state index contributed by atoms with van der Waals surface area (Å²) in [4.78, 5) is 11.6. The lowest BCUT2D eigenvalue weighted by Crippen LogP contribution is -2.27. The van der Waals surface area contributed by atoms with E-state index in [1.54, 1.807) is 0 Å². The highest BCUT2D eigenvalue weighted by Crippen LogP contribution is 2.22. The molecule has 2 rings (SSSR count). The molecule has 0 aromatic rings. The lowest BCUT2D eigenvalue weighted by molar-refractivity contribution is -0.140. The van der Waals surface area contributed by atoms with Gasteiger partial charge in [-0.3, -0.25) is 0 Å². The van der Waals surface area contributed by atoms with E-state index in [-0.39, 0.29) is 23.4 Å². The van der Waals surface area contributed by atoms with Crippen molar-refractivity contribution < 1.29 is 17.9 Å². The number of carbonyl (C=O) groups is 1. The first kappa shape index (κ1) is 12.6. The van der Waals surface area contributed by atoms with E-state index in [9.17, 15) is 13.2 Å². The highest BCUT2D eigenvalue weighted by atomic mass is 32.2. The smallest absolute Gasteiger partial charge is 0.333 e. The Morgan fingerprint density at radius 3 is 2.65 bits per heavy atom. The SMILES string of the molecule is O=C(OCC1CCS(=O)(=O)CC1)C1=CCCC1. The molecule has 1 aliphatic heterocycles. The highest BCUT2D eigenvalue weighted by molar-refractivity contribution is 7.91. The third kappa shape index (κ3) is 3.56. The molecule has 0 unspecified atom stereocenters. The summed E-state index contributed by atoms with van der Waals surface area (Å²) in [5.74, 6) is 0.468. The van der Waals surface area contributed by atoms with Gasteiger partial charge in [-0.2, -0.15) is 0 Å². The molecule has 1 saturated heterocycles. The zero-order valence-corrected chi connectivity index (χ0v) is 10.7. The topological polar surface area (TPSA) is 60.4 Å². The summed E-state index contributed by atoms with van der Waals surface area (Å²) in [5, 5.41) is 0. The number of carbonyl (C=O) groups excluding carboxylic acids is 1. The van der Waals surface area contributed by atoms with Crippen molar-refractivity contribution in [3.05, 3.63) is 11.6 Å². The van der Waals surface area contributed by atoms with E-state index in [0.29, 0.717) is 19.4 Å². The minimum Gasteiger partial charge on any atom is -0.462 e. The molecule has 96 valence electrons. The zero-order chi connectivity index (χ0) is 12.3. The van der Waals surface area contributed by atoms with Gasteiger partial charge < -0.3 is 4.74 Å². The van der Waals surface area contributed by atoms with E-state index in [1.807, 2.05) is 6.08 Å². The van der Waals surface area contributed by atoms with Crippen LogP contribution in [0.1, 0.15) is 32.1 Å². The maximum atomic E-state index is 11.6. The monoisotopic (exact) mass is 258 g/mol. The average molecular weight is 258 g/mol. The molecule has 0 aromatic carbocycles. The second-order valence-corrected chi connectivity index (χ2v) is 7.12. The molecule has 1 aliphatic carbocycles. The van der Waals surface area contributed by atoms with E-state index >= 15 is 0 Å². The first-order valence-electron chi connectivity index (χ1n) is 6.13. The van der Waals surface area contributed by atoms with Crippen molar-refractivity contribution in [2.75, 3.05) is 18.1 Å². The van der Waals surface area contributed by atoms with Gasteiger partial charge in [-0.25, -0.2) is 13.2 Å². The summed E-state index contributed by atoms with van der Waals surface area (Å²) < 4.78 is 27.7. The second kappa shape index (κ2) is 5.21. The summed E-state index contributed by atoms with van der Waals surface area (Å²) in [5.41, 5.74) is 0.786. The van der Waals surface area contributed by atoms with Crippen LogP contribution in [0.5, 0.6) is 0 Å². The Hall–Kier alpha value is -0.840. The van der Waals surface area contributed by atoms with Crippen molar-refractivity contribution in [3.8, 4) is 0 Å². The van der Waals surface area contributed by atoms with E-state index in [4.69, 9.17) is 4.74 Å². The van der Waals surface area contributed by atoms with Crippen molar-refractivity contribution >= 4 is 15.8 Å². The minimum atomic E-state index is -2.82. The number of hydrogen-bond acceptors (Lipinski definition) is 4. The fourth-order valence-electron chi connectivity index (χ4n) is 2.25. The van der Waals surface area contributed by atoms with Gasteiger partial charge in [-0.1, -0.05) is 6.08 Å². The van der Waals surface area contributed by atoms with Gasteiger partial charge in [0.15, 0.2) is 0 Å². The first-order valence-corrected chi connectivity index (χ1v) is 7.95. The van der Waals surface area contributed by atoms with Crippen LogP contribution >= 0.6 is 0 Å². The van der Waals surface area contributed by atoms with Crippen LogP contribution in [0.2, 0.25) is 0 Å². The van der Waals surface area contributed by atoms with Gasteiger partial charge >= 0.3 is 5.97 Å². The van der Waals surface area contributed by atoms with Crippen LogP contribution in [0.25, 0.3) is 0 Å². The van der Waals surface area contributed by atoms with Crippen LogP contribution in [0, 0.1) is 5.92 Å². The Morgan fingerprint density at radius 1 is 1.35 bits per heavy atom. The van der Waals surface area contributed by atoms with Gasteiger partial charge in [0.05, 0.1) is 18.1 Å². The van der Waals surface area contributed by atoms with Gasteiger partial charge in [-0.15, -0.1) is 0 Å². The Bertz CT molecular complexity index is 408. The molecule has 0 saturated carbocycles. The summed E-state index contributed by atoms with van der Waals surface area (Å²) in [6, 6.07) is 0. The predicted octanol–water partition coefficient (Wildman–Crippen LogP) is 1.46. The molecule has 0 radical (unpaired) electrons. The fraction of sp³-hybridized carbons (Fsp3) is 0.750. The van der Waals surface area contributed by atoms with Gasteiger partial charge in [0.25, 0.3) is 0 Å². The number of sulfone groups is 1. The van der Waals surface area contributed by atoms with E-state index in [1.165, 1.54) is 0 Å². The van der Waals surface area contributed by atoms with E-state index in [2.05, 4.69) is 0 Å². The maximum absolute atomic E-state index is 11.6. The van der Waals surface area contributed by atoms with Crippen LogP contribution in [-0.2, 0) is 19.4 Å². The van der Waals surface area contributed by atoms with Crippen molar-refractivity contribution in [1.82, 2.24) is 0 Å². The van der Waals surface area contributed by atoms with E-state index in [0.717, 1.165) is 24.8 Å². The Balaban J connectivity index is 1.74. The zero-order valence-electron chi connectivity index (χ0n) is 9.85. The summed E-state index contributed by atoms with van der Waals surface area (Å²) in [6.07, 6.45) is 5.99. The molecule has 0 atom stereocenters. The molecule has 2 aliphatic rings. The summed E-state index contributed by atoms with van der Waals surface area (Å²) >= 11 is 0. The minimum absolute atomic E-state index is 0.212. The Morgan fingerprint density at radius 2 is 2.06 bits per heavy atom. The van der Waals surface area contributed by atoms with Crippen molar-refractivity contribution in [3.63, 3.8) is 0 Å². The summed E-state index contributed by atoms with van der Waals surface area (Å²) in [6.45, 7) is 0.367. The molecule has 0 amide bonds. The molecule has 0 spiro atoms. The molecule has 0 N–H and O–H groups in total. The van der Waals surface area contributed by atoms with Gasteiger partial charge in [-0.05, 0) is 38.0 Å². The molecule has 0 bridgehead atoms. The van der Waals surface area contributed by atoms with Gasteiger partial charge in [0, 0.05) is 5.57 Å². The van der Waals surface area contributed by atoms with Crippen LogP contribution in [0.15, 0.2) is 11.6 Å². The summed E-state index contributed by atoms with van der Waals surface area (Å²) in [7, 11) is -2.82. The molecule has 1 fully saturated rings. The molecular weight excluding hydrogens is 240 g/mol. The lowest BCUT2D eigenvalue weighted by atomic mass is 10.0. The largest absolute Gasteiger partial charge is 0.462 e. The third-order valence-electron chi connectivity index (χ3n) is 3.43. The van der Waals surface area contributed by atoms with Gasteiger partial charge in [0.2, 0.25) is 0 Å². The van der Waals surface area contributed by atoms with Crippen LogP contribution in [0.3, 0.4) is 0 Å². The highest BCUT2D eigenvalue weighted by Gasteiger charge is 2.25. The van der Waals surface area contributed by atoms with Crippen molar-refractivity contribution in [1.29, 1.82) is 0 Å². The van der Waals surface area contributed by atoms with Crippen LogP contribution < -0.4 is 0 Å². The molecule has 17 heavy (non-hydrogen) atoms. The van der Waals surface area contributed by atoms with E-state index < -0.39 is 9.84 Å². The van der Waals surface area contributed by atoms with Crippen LogP contribution in [-0.4, -0.2) is 32.5 Å². The lowest BCUT2D eigenvalue weighted by Gasteiger charge is -2.21. The second-order valence-electron chi connectivity index (χ2n) is 4.82. The maximum Gasteiger partial charge on any atom is 0.333 e. The first-order chi connectivity index (χ1) is 8.07. The number of hydrogen-bond donors (Lipinski definition) is 0. The number of rotatable bonds is 3. The fourth-order valence-corrected chi connectivity index (χ4v) is 3.84. The van der Waals surface area contributed by atoms with Gasteiger partial charge in [0.1, 0.15) is 9.84 Å². The standard InChI is InChI=1S/C12H18O4S/c13-12(11-3-1-2-4-11)16-9-10-5-7-17(14,15)8-6-10/h3,10H,1-2,4-9H2. The average Bonchev–Trinajstić information content (AvgIpc) is 2.80. The number of ether oxygens (including phenoxy) is 1. The molecule has 0 aromatic heterocycles. The Kier molecular flexibility index (Phi) is 3.86. The number of allylic oxidation sites excluding steroid dienone is 1. The third-order valence-corrected chi connectivity index (χ3v) is 5.14. The molecule has 1 heterocycles. The number of esters is 1. The molecular formula is C12H18O4S.